The molecule has 27 heavy (non-hydrogen) atoms. The van der Waals surface area contributed by atoms with Crippen molar-refractivity contribution in [3.63, 3.8) is 0 Å². The van der Waals surface area contributed by atoms with E-state index in [4.69, 9.17) is 5.11 Å². The molecule has 1 heterocycles. The highest BCUT2D eigenvalue weighted by Crippen LogP contribution is 2.33. The van der Waals surface area contributed by atoms with Gasteiger partial charge >= 0.3 is 12.1 Å². The molecule has 1 atom stereocenters. The molecule has 3 aromatic rings. The zero-order valence-corrected chi connectivity index (χ0v) is 14.9. The van der Waals surface area contributed by atoms with Crippen LogP contribution in [0.25, 0.3) is 11.0 Å². The third-order valence-corrected chi connectivity index (χ3v) is 4.48. The maximum atomic E-state index is 13.0. The van der Waals surface area contributed by atoms with E-state index in [1.165, 1.54) is 6.07 Å². The topological polar surface area (TPSA) is 55.1 Å². The van der Waals surface area contributed by atoms with Crippen molar-refractivity contribution in [2.24, 2.45) is 0 Å². The monoisotopic (exact) mass is 376 g/mol. The molecule has 2 aromatic carbocycles. The van der Waals surface area contributed by atoms with Crippen molar-refractivity contribution in [1.82, 2.24) is 9.55 Å². The van der Waals surface area contributed by atoms with Crippen molar-refractivity contribution in [3.8, 4) is 0 Å². The summed E-state index contributed by atoms with van der Waals surface area (Å²) in [6, 6.07) is 10.7. The maximum absolute atomic E-state index is 13.0. The molecule has 0 aliphatic rings. The minimum absolute atomic E-state index is 0.145. The van der Waals surface area contributed by atoms with Crippen LogP contribution in [0.4, 0.5) is 13.2 Å². The second kappa shape index (κ2) is 7.06. The number of aromatic nitrogens is 2. The summed E-state index contributed by atoms with van der Waals surface area (Å²) in [6.07, 6.45) is -4.20. The first-order valence-electron chi connectivity index (χ1n) is 8.50. The molecule has 0 saturated heterocycles. The number of nitrogens with zero attached hydrogens (tertiary/aromatic N) is 2. The Hall–Kier alpha value is -2.83. The van der Waals surface area contributed by atoms with E-state index in [0.29, 0.717) is 17.8 Å². The molecule has 0 spiro atoms. The van der Waals surface area contributed by atoms with Gasteiger partial charge in [-0.1, -0.05) is 29.8 Å². The highest BCUT2D eigenvalue weighted by molar-refractivity contribution is 5.78. The molecule has 0 radical (unpaired) electrons. The van der Waals surface area contributed by atoms with E-state index in [9.17, 15) is 18.0 Å². The SMILES string of the molecule is Cc1ccc(Cc2nc3cc(C(F)(F)F)ccc3n2C(C)CC(=O)O)cc1. The number of aryl methyl sites for hydroxylation is 1. The lowest BCUT2D eigenvalue weighted by molar-refractivity contribution is -0.138. The van der Waals surface area contributed by atoms with Gasteiger partial charge in [0.2, 0.25) is 0 Å². The largest absolute Gasteiger partial charge is 0.481 e. The molecule has 3 rings (SSSR count). The molecular weight excluding hydrogens is 357 g/mol. The van der Waals surface area contributed by atoms with Crippen LogP contribution in [0.1, 0.15) is 41.9 Å². The van der Waals surface area contributed by atoms with Crippen LogP contribution >= 0.6 is 0 Å². The van der Waals surface area contributed by atoms with E-state index in [0.717, 1.165) is 23.3 Å². The predicted molar refractivity (Wildman–Crippen MR) is 95.7 cm³/mol. The number of aliphatic carboxylic acids is 1. The van der Waals surface area contributed by atoms with E-state index in [1.807, 2.05) is 31.2 Å². The smallest absolute Gasteiger partial charge is 0.416 e. The molecule has 0 aliphatic heterocycles. The molecule has 4 nitrogen and oxygen atoms in total. The lowest BCUT2D eigenvalue weighted by Crippen LogP contribution is -2.14. The molecule has 0 fully saturated rings. The van der Waals surface area contributed by atoms with Gasteiger partial charge in [0.05, 0.1) is 23.0 Å². The first-order valence-corrected chi connectivity index (χ1v) is 8.50. The number of carbonyl (C=O) groups is 1. The van der Waals surface area contributed by atoms with Crippen LogP contribution in [0.5, 0.6) is 0 Å². The van der Waals surface area contributed by atoms with Crippen molar-refractivity contribution in [2.45, 2.75) is 38.9 Å². The summed E-state index contributed by atoms with van der Waals surface area (Å²) in [5.74, 6) is -0.431. The predicted octanol–water partition coefficient (Wildman–Crippen LogP) is 4.99. The van der Waals surface area contributed by atoms with Gasteiger partial charge in [-0.3, -0.25) is 4.79 Å². The number of benzene rings is 2. The summed E-state index contributed by atoms with van der Waals surface area (Å²) < 4.78 is 40.8. The Morgan fingerprint density at radius 2 is 1.85 bits per heavy atom. The van der Waals surface area contributed by atoms with Crippen LogP contribution in [0.15, 0.2) is 42.5 Å². The first kappa shape index (κ1) is 18.9. The lowest BCUT2D eigenvalue weighted by Gasteiger charge is -2.16. The third kappa shape index (κ3) is 4.13. The van der Waals surface area contributed by atoms with Crippen LogP contribution < -0.4 is 0 Å². The first-order chi connectivity index (χ1) is 12.6. The molecule has 1 aromatic heterocycles. The van der Waals surface area contributed by atoms with E-state index >= 15 is 0 Å². The minimum Gasteiger partial charge on any atom is -0.481 e. The van der Waals surface area contributed by atoms with E-state index in [-0.39, 0.29) is 11.9 Å². The Morgan fingerprint density at radius 3 is 2.44 bits per heavy atom. The Labute approximate surface area is 154 Å². The van der Waals surface area contributed by atoms with Crippen LogP contribution in [0, 0.1) is 6.92 Å². The van der Waals surface area contributed by atoms with E-state index < -0.39 is 23.8 Å². The Kier molecular flexibility index (Phi) is 4.95. The summed E-state index contributed by atoms with van der Waals surface area (Å²) in [6.45, 7) is 3.69. The molecule has 0 amide bonds. The number of imidazole rings is 1. The summed E-state index contributed by atoms with van der Waals surface area (Å²) in [5.41, 5.74) is 1.99. The van der Waals surface area contributed by atoms with Crippen LogP contribution in [0.3, 0.4) is 0 Å². The zero-order chi connectivity index (χ0) is 19.8. The number of rotatable bonds is 5. The van der Waals surface area contributed by atoms with Gasteiger partial charge in [-0.2, -0.15) is 13.2 Å². The van der Waals surface area contributed by atoms with E-state index in [2.05, 4.69) is 4.98 Å². The van der Waals surface area contributed by atoms with Gasteiger partial charge in [0.25, 0.3) is 0 Å². The maximum Gasteiger partial charge on any atom is 0.416 e. The zero-order valence-electron chi connectivity index (χ0n) is 14.9. The number of hydrogen-bond acceptors (Lipinski definition) is 2. The molecule has 1 unspecified atom stereocenters. The van der Waals surface area contributed by atoms with Gasteiger partial charge in [-0.25, -0.2) is 4.98 Å². The minimum atomic E-state index is -4.46. The van der Waals surface area contributed by atoms with Gasteiger partial charge in [-0.15, -0.1) is 0 Å². The molecule has 0 bridgehead atoms. The summed E-state index contributed by atoms with van der Waals surface area (Å²) in [4.78, 5) is 15.6. The Balaban J connectivity index is 2.11. The normalized spacial score (nSPS) is 13.1. The molecule has 0 aliphatic carbocycles. The third-order valence-electron chi connectivity index (χ3n) is 4.48. The molecular formula is C20H19F3N2O2. The number of hydrogen-bond donors (Lipinski definition) is 1. The number of alkyl halides is 3. The van der Waals surface area contributed by atoms with Gasteiger partial charge in [0, 0.05) is 12.5 Å². The summed E-state index contributed by atoms with van der Waals surface area (Å²) in [7, 11) is 0. The quantitative estimate of drug-likeness (QED) is 0.683. The van der Waals surface area contributed by atoms with Gasteiger partial charge < -0.3 is 9.67 Å². The molecule has 7 heteroatoms. The highest BCUT2D eigenvalue weighted by Gasteiger charge is 2.31. The number of halogens is 3. The molecule has 1 N–H and O–H groups in total. The second-order valence-corrected chi connectivity index (χ2v) is 6.71. The Bertz CT molecular complexity index is 975. The van der Waals surface area contributed by atoms with Crippen molar-refractivity contribution >= 4 is 17.0 Å². The summed E-state index contributed by atoms with van der Waals surface area (Å²) >= 11 is 0. The number of carboxylic acids is 1. The van der Waals surface area contributed by atoms with Crippen molar-refractivity contribution in [2.75, 3.05) is 0 Å². The number of carboxylic acid groups (broad SMARTS) is 1. The van der Waals surface area contributed by atoms with E-state index in [1.54, 1.807) is 11.5 Å². The summed E-state index contributed by atoms with van der Waals surface area (Å²) in [5, 5.41) is 9.13. The van der Waals surface area contributed by atoms with Crippen LogP contribution in [-0.2, 0) is 17.4 Å². The fraction of sp³-hybridized carbons (Fsp3) is 0.300. The van der Waals surface area contributed by atoms with Crippen LogP contribution in [-0.4, -0.2) is 20.6 Å². The van der Waals surface area contributed by atoms with Crippen LogP contribution in [0.2, 0.25) is 0 Å². The average molecular weight is 376 g/mol. The lowest BCUT2D eigenvalue weighted by atomic mass is 10.1. The Morgan fingerprint density at radius 1 is 1.19 bits per heavy atom. The second-order valence-electron chi connectivity index (χ2n) is 6.71. The average Bonchev–Trinajstić information content (AvgIpc) is 2.92. The molecule has 142 valence electrons. The fourth-order valence-electron chi connectivity index (χ4n) is 3.17. The van der Waals surface area contributed by atoms with Crippen molar-refractivity contribution in [3.05, 3.63) is 65.0 Å². The van der Waals surface area contributed by atoms with Gasteiger partial charge in [0.1, 0.15) is 5.82 Å². The van der Waals surface area contributed by atoms with Gasteiger partial charge in [-0.05, 0) is 37.6 Å². The standard InChI is InChI=1S/C20H19F3N2O2/c1-12-3-5-14(6-4-12)10-18-24-16-11-15(20(21,22)23)7-8-17(16)25(18)13(2)9-19(26)27/h3-8,11,13H,9-10H2,1-2H3,(H,26,27). The van der Waals surface area contributed by atoms with Crippen molar-refractivity contribution < 1.29 is 23.1 Å². The highest BCUT2D eigenvalue weighted by atomic mass is 19.4. The van der Waals surface area contributed by atoms with Crippen molar-refractivity contribution in [1.29, 1.82) is 0 Å². The molecule has 0 saturated carbocycles. The fourth-order valence-corrected chi connectivity index (χ4v) is 3.17. The van der Waals surface area contributed by atoms with Gasteiger partial charge in [0.15, 0.2) is 0 Å². The number of fused-ring (bicyclic) bond motifs is 1.